The molecule has 0 N–H and O–H groups in total. The molecule has 0 bridgehead atoms. The average Bonchev–Trinajstić information content (AvgIpc) is 2.40. The number of alkyl halides is 3. The van der Waals surface area contributed by atoms with Crippen LogP contribution in [-0.4, -0.2) is 20.6 Å². The van der Waals surface area contributed by atoms with Crippen LogP contribution in [0, 0.1) is 17.5 Å². The first-order valence-corrected chi connectivity index (χ1v) is 7.52. The highest BCUT2D eigenvalue weighted by Gasteiger charge is 2.42. The zero-order valence-corrected chi connectivity index (χ0v) is 12.3. The minimum absolute atomic E-state index is 0.103. The number of hydrogen-bond acceptors (Lipinski definition) is 4. The van der Waals surface area contributed by atoms with Gasteiger partial charge in [-0.05, 0) is 17.7 Å². The molecule has 0 saturated heterocycles. The van der Waals surface area contributed by atoms with Gasteiger partial charge in [-0.2, -0.15) is 21.6 Å². The topological polar surface area (TPSA) is 60.4 Å². The summed E-state index contributed by atoms with van der Waals surface area (Å²) in [4.78, 5) is 11.0. The molecule has 0 aliphatic rings. The van der Waals surface area contributed by atoms with E-state index in [1.807, 2.05) is 0 Å². The molecule has 0 heterocycles. The van der Waals surface area contributed by atoms with Crippen LogP contribution in [0.1, 0.15) is 30.6 Å². The third kappa shape index (κ3) is 5.12. The quantitative estimate of drug-likeness (QED) is 0.457. The molecule has 0 radical (unpaired) electrons. The Labute approximate surface area is 127 Å². The summed E-state index contributed by atoms with van der Waals surface area (Å²) in [6.07, 6.45) is -7.58. The van der Waals surface area contributed by atoms with Crippen molar-refractivity contribution in [2.24, 2.45) is 0 Å². The smallest absolute Gasteiger partial charge is 0.345 e. The highest BCUT2D eigenvalue weighted by molar-refractivity contribution is 7.87. The van der Waals surface area contributed by atoms with Crippen LogP contribution in [0.2, 0.25) is 0 Å². The lowest BCUT2D eigenvalue weighted by Crippen LogP contribution is -2.25. The third-order valence-electron chi connectivity index (χ3n) is 2.64. The lowest BCUT2D eigenvalue weighted by Gasteiger charge is -2.19. The first-order valence-electron chi connectivity index (χ1n) is 6.04. The van der Waals surface area contributed by atoms with Gasteiger partial charge in [-0.25, -0.2) is 13.2 Å². The van der Waals surface area contributed by atoms with Crippen molar-refractivity contribution in [3.8, 4) is 0 Å². The average molecular weight is 364 g/mol. The van der Waals surface area contributed by atoms with Crippen molar-refractivity contribution in [2.75, 3.05) is 0 Å². The largest absolute Gasteiger partial charge is 0.390 e. The zero-order chi connectivity index (χ0) is 18.0. The fraction of sp³-hybridized carbons (Fsp3) is 0.417. The van der Waals surface area contributed by atoms with Crippen LogP contribution in [0.5, 0.6) is 0 Å². The van der Waals surface area contributed by atoms with Crippen LogP contribution in [0.3, 0.4) is 0 Å². The molecule has 1 unspecified atom stereocenters. The molecule has 1 atom stereocenters. The van der Waals surface area contributed by atoms with E-state index in [0.29, 0.717) is 0 Å². The monoisotopic (exact) mass is 364 g/mol. The Morgan fingerprint density at radius 2 is 1.65 bits per heavy atom. The van der Waals surface area contributed by atoms with E-state index in [9.17, 15) is 39.6 Å². The molecule has 1 rings (SSSR count). The van der Waals surface area contributed by atoms with Crippen LogP contribution in [-0.2, 0) is 19.1 Å². The van der Waals surface area contributed by atoms with Gasteiger partial charge in [-0.1, -0.05) is 6.92 Å². The molecular formula is C12H10F6O4S. The van der Waals surface area contributed by atoms with Gasteiger partial charge < -0.3 is 4.18 Å². The van der Waals surface area contributed by atoms with Crippen molar-refractivity contribution in [3.05, 3.63) is 35.1 Å². The van der Waals surface area contributed by atoms with Crippen LogP contribution >= 0.6 is 0 Å². The summed E-state index contributed by atoms with van der Waals surface area (Å²) in [5.74, 6) is -7.06. The Balaban J connectivity index is 3.39. The Bertz CT molecular complexity index is 675. The van der Waals surface area contributed by atoms with Crippen molar-refractivity contribution in [3.63, 3.8) is 0 Å². The van der Waals surface area contributed by atoms with E-state index in [1.54, 1.807) is 0 Å². The predicted octanol–water partition coefficient (Wildman–Crippen LogP) is 3.38. The summed E-state index contributed by atoms with van der Waals surface area (Å²) < 4.78 is 104. The van der Waals surface area contributed by atoms with E-state index >= 15 is 0 Å². The van der Waals surface area contributed by atoms with Gasteiger partial charge in [0.15, 0.2) is 17.5 Å². The highest BCUT2D eigenvalue weighted by Crippen LogP contribution is 2.37. The van der Waals surface area contributed by atoms with Crippen molar-refractivity contribution in [2.45, 2.75) is 31.2 Å². The fourth-order valence-corrected chi connectivity index (χ4v) is 2.96. The van der Waals surface area contributed by atoms with Crippen LogP contribution in [0.15, 0.2) is 12.1 Å². The molecule has 23 heavy (non-hydrogen) atoms. The van der Waals surface area contributed by atoms with Crippen molar-refractivity contribution in [1.82, 2.24) is 0 Å². The highest BCUT2D eigenvalue weighted by atomic mass is 32.2. The number of carbonyl (C=O) groups excluding carboxylic acids is 1. The van der Waals surface area contributed by atoms with Crippen LogP contribution in [0.4, 0.5) is 26.3 Å². The molecule has 0 aliphatic heterocycles. The van der Waals surface area contributed by atoms with Gasteiger partial charge in [0.2, 0.25) is 0 Å². The van der Waals surface area contributed by atoms with Gasteiger partial charge >= 0.3 is 22.3 Å². The number of halogens is 6. The number of carbonyl (C=O) groups is 1. The van der Waals surface area contributed by atoms with Crippen molar-refractivity contribution in [1.29, 1.82) is 0 Å². The summed E-state index contributed by atoms with van der Waals surface area (Å²) in [5, 5.41) is -2.62. The maximum absolute atomic E-state index is 13.2. The minimum atomic E-state index is -5.19. The van der Waals surface area contributed by atoms with E-state index in [0.717, 1.165) is 0 Å². The number of hydrogen-bond donors (Lipinski definition) is 0. The second-order valence-electron chi connectivity index (χ2n) is 4.41. The standard InChI is InChI=1S/C12H10F6O4S/c1-2-10(19)22-23(20,21)9(5-12(16,17)18)6-3-7(13)11(15)8(14)4-6/h3-4,9H,2,5H2,1H3. The van der Waals surface area contributed by atoms with Crippen LogP contribution < -0.4 is 0 Å². The molecule has 0 aromatic heterocycles. The first kappa shape index (κ1) is 19.3. The van der Waals surface area contributed by atoms with Gasteiger partial charge in [0.1, 0.15) is 5.25 Å². The second kappa shape index (κ2) is 6.77. The van der Waals surface area contributed by atoms with Gasteiger partial charge in [-0.15, -0.1) is 0 Å². The first-order chi connectivity index (χ1) is 10.4. The van der Waals surface area contributed by atoms with Crippen molar-refractivity contribution < 1.29 is 43.7 Å². The molecule has 4 nitrogen and oxygen atoms in total. The summed E-state index contributed by atoms with van der Waals surface area (Å²) >= 11 is 0. The molecule has 1 aromatic rings. The minimum Gasteiger partial charge on any atom is -0.345 e. The fourth-order valence-electron chi connectivity index (χ4n) is 1.60. The molecule has 0 aliphatic carbocycles. The van der Waals surface area contributed by atoms with E-state index < -0.39 is 63.4 Å². The van der Waals surface area contributed by atoms with Gasteiger partial charge in [0.25, 0.3) is 0 Å². The Hall–Kier alpha value is -1.78. The molecule has 0 saturated carbocycles. The predicted molar refractivity (Wildman–Crippen MR) is 65.0 cm³/mol. The third-order valence-corrected chi connectivity index (χ3v) is 4.19. The maximum atomic E-state index is 13.2. The van der Waals surface area contributed by atoms with Crippen LogP contribution in [0.25, 0.3) is 0 Å². The summed E-state index contributed by atoms with van der Waals surface area (Å²) in [6.45, 7) is 1.19. The van der Waals surface area contributed by atoms with E-state index in [-0.39, 0.29) is 12.1 Å². The van der Waals surface area contributed by atoms with Gasteiger partial charge in [0, 0.05) is 6.42 Å². The SMILES string of the molecule is CCC(=O)OS(=O)(=O)C(CC(F)(F)F)c1cc(F)c(F)c(F)c1. The summed E-state index contributed by atoms with van der Waals surface area (Å²) in [6, 6.07) is 0.207. The molecule has 0 fully saturated rings. The van der Waals surface area contributed by atoms with E-state index in [1.165, 1.54) is 6.92 Å². The Morgan fingerprint density at radius 3 is 2.04 bits per heavy atom. The molecule has 0 amide bonds. The maximum Gasteiger partial charge on any atom is 0.390 e. The second-order valence-corrected chi connectivity index (χ2v) is 6.13. The van der Waals surface area contributed by atoms with E-state index in [4.69, 9.17) is 0 Å². The Kier molecular flexibility index (Phi) is 5.67. The normalized spacial score (nSPS) is 13.7. The van der Waals surface area contributed by atoms with Crippen molar-refractivity contribution >= 4 is 16.1 Å². The number of benzene rings is 1. The molecular weight excluding hydrogens is 354 g/mol. The zero-order valence-electron chi connectivity index (χ0n) is 11.5. The Morgan fingerprint density at radius 1 is 1.17 bits per heavy atom. The molecule has 11 heteroatoms. The summed E-state index contributed by atoms with van der Waals surface area (Å²) in [5.41, 5.74) is -1.03. The summed E-state index contributed by atoms with van der Waals surface area (Å²) in [7, 11) is -5.19. The molecule has 1 aromatic carbocycles. The van der Waals surface area contributed by atoms with Gasteiger partial charge in [-0.3, -0.25) is 4.79 Å². The molecule has 130 valence electrons. The lowest BCUT2D eigenvalue weighted by molar-refractivity contribution is -0.138. The number of rotatable bonds is 5. The van der Waals surface area contributed by atoms with Gasteiger partial charge in [0.05, 0.1) is 6.42 Å². The molecule has 0 spiro atoms. The van der Waals surface area contributed by atoms with E-state index in [2.05, 4.69) is 4.18 Å². The lowest BCUT2D eigenvalue weighted by atomic mass is 10.1.